The van der Waals surface area contributed by atoms with Crippen molar-refractivity contribution in [1.82, 2.24) is 0 Å². The molecule has 76 heavy (non-hydrogen) atoms. The highest BCUT2D eigenvalue weighted by Crippen LogP contribution is 2.45. The topological polar surface area (TPSA) is 237 Å². The predicted molar refractivity (Wildman–Crippen MR) is 298 cm³/mol. The van der Waals surface area contributed by atoms with Gasteiger partial charge >= 0.3 is 39.5 Å². The summed E-state index contributed by atoms with van der Waals surface area (Å²) in [4.78, 5) is 71.6. The molecule has 0 aliphatic heterocycles. The van der Waals surface area contributed by atoms with Gasteiger partial charge < -0.3 is 33.8 Å². The number of hydrogen-bond donors (Lipinski definition) is 3. The Balaban J connectivity index is 5.18. The first-order valence-corrected chi connectivity index (χ1v) is 33.1. The molecule has 0 radical (unpaired) electrons. The van der Waals surface area contributed by atoms with Gasteiger partial charge in [-0.25, -0.2) is 9.13 Å². The van der Waals surface area contributed by atoms with Crippen LogP contribution in [0, 0.1) is 5.92 Å². The number of unbranched alkanes of at least 4 members (excludes halogenated alkanes) is 29. The summed E-state index contributed by atoms with van der Waals surface area (Å²) in [5, 5.41) is 10.5. The van der Waals surface area contributed by atoms with Gasteiger partial charge in [-0.05, 0) is 31.6 Å². The van der Waals surface area contributed by atoms with Crippen LogP contribution in [-0.4, -0.2) is 96.7 Å². The SMILES string of the molecule is CCCCCCCCCCCCCCC(=O)O[C@H](COC(=O)CCCCCCCCCCCC)COP(=O)(O)OC[C@@H](O)COP(=O)(O)OC[C@@H](COC(=O)CCCCCCC)OC(=O)CCCCCCCCC(C)C. The molecule has 3 N–H and O–H groups in total. The molecule has 0 saturated heterocycles. The van der Waals surface area contributed by atoms with E-state index >= 15 is 0 Å². The zero-order chi connectivity index (χ0) is 56.4. The van der Waals surface area contributed by atoms with Crippen molar-refractivity contribution in [2.75, 3.05) is 39.6 Å². The average Bonchev–Trinajstić information content (AvgIpc) is 3.38. The predicted octanol–water partition coefficient (Wildman–Crippen LogP) is 15.1. The van der Waals surface area contributed by atoms with Crippen molar-refractivity contribution in [3.05, 3.63) is 0 Å². The Morgan fingerprint density at radius 2 is 0.605 bits per heavy atom. The molecule has 0 aromatic rings. The molecule has 0 fully saturated rings. The first kappa shape index (κ1) is 74.1. The van der Waals surface area contributed by atoms with Gasteiger partial charge in [0.05, 0.1) is 26.4 Å². The largest absolute Gasteiger partial charge is 0.472 e. The summed E-state index contributed by atoms with van der Waals surface area (Å²) < 4.78 is 67.5. The first-order valence-electron chi connectivity index (χ1n) is 30.1. The lowest BCUT2D eigenvalue weighted by molar-refractivity contribution is -0.161. The maximum absolute atomic E-state index is 12.9. The summed E-state index contributed by atoms with van der Waals surface area (Å²) in [5.41, 5.74) is 0. The highest BCUT2D eigenvalue weighted by atomic mass is 31.2. The van der Waals surface area contributed by atoms with Gasteiger partial charge in [0, 0.05) is 25.7 Å². The van der Waals surface area contributed by atoms with Crippen LogP contribution in [0.2, 0.25) is 0 Å². The van der Waals surface area contributed by atoms with E-state index in [1.165, 1.54) is 96.3 Å². The number of aliphatic hydroxyl groups is 1. The van der Waals surface area contributed by atoms with Crippen LogP contribution in [0.3, 0.4) is 0 Å². The summed E-state index contributed by atoms with van der Waals surface area (Å²) in [6.07, 6.45) is 32.5. The van der Waals surface area contributed by atoms with Gasteiger partial charge in [-0.1, -0.05) is 227 Å². The normalized spacial score (nSPS) is 14.4. The monoisotopic (exact) mass is 1130 g/mol. The first-order chi connectivity index (χ1) is 36.5. The van der Waals surface area contributed by atoms with Crippen LogP contribution in [0.4, 0.5) is 0 Å². The van der Waals surface area contributed by atoms with Gasteiger partial charge in [0.2, 0.25) is 0 Å². The molecule has 0 bridgehead atoms. The fourth-order valence-corrected chi connectivity index (χ4v) is 9.92. The molecule has 0 heterocycles. The third kappa shape index (κ3) is 51.5. The van der Waals surface area contributed by atoms with E-state index in [0.29, 0.717) is 31.6 Å². The van der Waals surface area contributed by atoms with Crippen molar-refractivity contribution in [2.45, 2.75) is 297 Å². The van der Waals surface area contributed by atoms with E-state index < -0.39 is 97.5 Å². The Morgan fingerprint density at radius 1 is 0.355 bits per heavy atom. The molecular formula is C57H110O17P2. The standard InChI is InChI=1S/C57H110O17P2/c1-6-9-12-15-17-19-21-22-24-26-32-37-42-56(61)73-53(47-68-55(60)41-36-31-25-23-20-18-16-13-10-7-2)49-72-76(65,66)70-45-51(58)44-69-75(63,64)71-48-52(46-67-54(59)40-35-29-14-11-8-3)74-57(62)43-38-33-28-27-30-34-39-50(4)5/h50-53,58H,6-49H2,1-5H3,(H,63,64)(H,65,66)/t51-,52+,53+/m0/s1. The third-order valence-corrected chi connectivity index (χ3v) is 14.9. The second-order valence-corrected chi connectivity index (χ2v) is 24.1. The van der Waals surface area contributed by atoms with Gasteiger partial charge in [0.15, 0.2) is 12.2 Å². The summed E-state index contributed by atoms with van der Waals surface area (Å²) in [6.45, 7) is 6.95. The number of aliphatic hydroxyl groups excluding tert-OH is 1. The number of carbonyl (C=O) groups is 4. The quantitative estimate of drug-likeness (QED) is 0.0222. The van der Waals surface area contributed by atoms with E-state index in [-0.39, 0.29) is 25.7 Å². The minimum absolute atomic E-state index is 0.101. The lowest BCUT2D eigenvalue weighted by Gasteiger charge is -2.21. The van der Waals surface area contributed by atoms with E-state index in [4.69, 9.17) is 37.0 Å². The zero-order valence-electron chi connectivity index (χ0n) is 48.4. The molecule has 0 amide bonds. The molecule has 17 nitrogen and oxygen atoms in total. The van der Waals surface area contributed by atoms with E-state index in [0.717, 1.165) is 96.3 Å². The average molecular weight is 1130 g/mol. The number of rotatable bonds is 57. The zero-order valence-corrected chi connectivity index (χ0v) is 50.2. The van der Waals surface area contributed by atoms with Crippen LogP contribution >= 0.6 is 15.6 Å². The van der Waals surface area contributed by atoms with E-state index in [9.17, 15) is 43.2 Å². The molecule has 0 aromatic carbocycles. The molecule has 0 aliphatic rings. The third-order valence-electron chi connectivity index (χ3n) is 13.0. The van der Waals surface area contributed by atoms with Crippen molar-refractivity contribution in [3.8, 4) is 0 Å². The molecule has 5 atom stereocenters. The van der Waals surface area contributed by atoms with Crippen LogP contribution in [0.5, 0.6) is 0 Å². The number of esters is 4. The number of phosphoric ester groups is 2. The van der Waals surface area contributed by atoms with Gasteiger partial charge in [0.1, 0.15) is 19.3 Å². The number of phosphoric acid groups is 2. The number of carbonyl (C=O) groups excluding carboxylic acids is 4. The van der Waals surface area contributed by atoms with Gasteiger partial charge in [-0.15, -0.1) is 0 Å². The minimum Gasteiger partial charge on any atom is -0.462 e. The summed E-state index contributed by atoms with van der Waals surface area (Å²) in [6, 6.07) is 0. The smallest absolute Gasteiger partial charge is 0.462 e. The Morgan fingerprint density at radius 3 is 0.895 bits per heavy atom. The minimum atomic E-state index is -4.93. The molecule has 0 spiro atoms. The number of ether oxygens (including phenoxy) is 4. The summed E-state index contributed by atoms with van der Waals surface area (Å²) in [5.74, 6) is -1.49. The Labute approximate surface area is 460 Å². The second-order valence-electron chi connectivity index (χ2n) is 21.2. The summed E-state index contributed by atoms with van der Waals surface area (Å²) in [7, 11) is -9.86. The molecule has 0 aromatic heterocycles. The van der Waals surface area contributed by atoms with E-state index in [1.54, 1.807) is 0 Å². The maximum atomic E-state index is 12.9. The van der Waals surface area contributed by atoms with Gasteiger partial charge in [-0.3, -0.25) is 37.3 Å². The van der Waals surface area contributed by atoms with Crippen LogP contribution in [0.1, 0.15) is 279 Å². The lowest BCUT2D eigenvalue weighted by atomic mass is 10.0. The van der Waals surface area contributed by atoms with Crippen molar-refractivity contribution >= 4 is 39.5 Å². The van der Waals surface area contributed by atoms with E-state index in [1.807, 2.05) is 0 Å². The van der Waals surface area contributed by atoms with Crippen LogP contribution in [0.15, 0.2) is 0 Å². The van der Waals surface area contributed by atoms with Crippen molar-refractivity contribution in [1.29, 1.82) is 0 Å². The van der Waals surface area contributed by atoms with Crippen molar-refractivity contribution < 1.29 is 80.2 Å². The highest BCUT2D eigenvalue weighted by molar-refractivity contribution is 7.47. The highest BCUT2D eigenvalue weighted by Gasteiger charge is 2.30. The van der Waals surface area contributed by atoms with Crippen molar-refractivity contribution in [3.63, 3.8) is 0 Å². The Hall–Kier alpha value is -1.94. The van der Waals surface area contributed by atoms with Crippen molar-refractivity contribution in [2.24, 2.45) is 5.92 Å². The second kappa shape index (κ2) is 51.2. The Bertz CT molecular complexity index is 1500. The molecular weight excluding hydrogens is 1020 g/mol. The van der Waals surface area contributed by atoms with E-state index in [2.05, 4.69) is 34.6 Å². The fourth-order valence-electron chi connectivity index (χ4n) is 8.34. The van der Waals surface area contributed by atoms with Crippen LogP contribution in [0.25, 0.3) is 0 Å². The molecule has 2 unspecified atom stereocenters. The fraction of sp³-hybridized carbons (Fsp3) is 0.930. The number of hydrogen-bond acceptors (Lipinski definition) is 15. The maximum Gasteiger partial charge on any atom is 0.472 e. The van der Waals surface area contributed by atoms with Gasteiger partial charge in [-0.2, -0.15) is 0 Å². The molecule has 19 heteroatoms. The Kier molecular flexibility index (Phi) is 49.9. The van der Waals surface area contributed by atoms with Crippen LogP contribution in [-0.2, 0) is 65.4 Å². The molecule has 450 valence electrons. The van der Waals surface area contributed by atoms with Gasteiger partial charge in [0.25, 0.3) is 0 Å². The van der Waals surface area contributed by atoms with Crippen LogP contribution < -0.4 is 0 Å². The lowest BCUT2D eigenvalue weighted by Crippen LogP contribution is -2.30. The molecule has 0 aliphatic carbocycles. The molecule has 0 saturated carbocycles. The molecule has 0 rings (SSSR count). The summed E-state index contributed by atoms with van der Waals surface area (Å²) >= 11 is 0.